The number of nitrogens with zero attached hydrogens (tertiary/aromatic N) is 2. The lowest BCUT2D eigenvalue weighted by atomic mass is 10.2. The molecule has 0 aliphatic heterocycles. The summed E-state index contributed by atoms with van der Waals surface area (Å²) in [6.07, 6.45) is 3.93. The fourth-order valence-corrected chi connectivity index (χ4v) is 2.10. The average molecular weight is 363 g/mol. The van der Waals surface area contributed by atoms with Crippen molar-refractivity contribution in [1.82, 2.24) is 15.3 Å². The van der Waals surface area contributed by atoms with Gasteiger partial charge in [-0.25, -0.2) is 9.97 Å². The Morgan fingerprint density at radius 2 is 2.00 bits per heavy atom. The number of benzene rings is 1. The monoisotopic (exact) mass is 362 g/mol. The summed E-state index contributed by atoms with van der Waals surface area (Å²) in [4.78, 5) is 20.3. The highest BCUT2D eigenvalue weighted by molar-refractivity contribution is 9.10. The molecular formula is C16H19BrN4O. The first-order valence-corrected chi connectivity index (χ1v) is 7.95. The lowest BCUT2D eigenvalue weighted by Crippen LogP contribution is -2.32. The topological polar surface area (TPSA) is 66.9 Å². The van der Waals surface area contributed by atoms with Crippen molar-refractivity contribution in [2.75, 3.05) is 5.32 Å². The standard InChI is InChI=1S/C16H19BrN4O/c1-4-11(3)20-15(22)12-8-18-16(19-9-12)21-13-6-5-10(2)14(17)7-13/h5-9,11H,4H2,1-3H3,(H,20,22)(H,18,19,21). The second-order valence-corrected chi connectivity index (χ2v) is 6.02. The summed E-state index contributed by atoms with van der Waals surface area (Å²) >= 11 is 3.49. The molecule has 2 rings (SSSR count). The predicted octanol–water partition coefficient (Wildman–Crippen LogP) is 3.82. The van der Waals surface area contributed by atoms with Gasteiger partial charge in [-0.3, -0.25) is 4.79 Å². The molecule has 0 bridgehead atoms. The third kappa shape index (κ3) is 4.27. The van der Waals surface area contributed by atoms with Crippen molar-refractivity contribution in [2.45, 2.75) is 33.2 Å². The highest BCUT2D eigenvalue weighted by Gasteiger charge is 2.09. The Morgan fingerprint density at radius 3 is 2.59 bits per heavy atom. The molecule has 0 aliphatic rings. The summed E-state index contributed by atoms with van der Waals surface area (Å²) in [5, 5.41) is 5.99. The Hall–Kier alpha value is -1.95. The van der Waals surface area contributed by atoms with Crippen LogP contribution in [0.15, 0.2) is 35.1 Å². The van der Waals surface area contributed by atoms with Gasteiger partial charge in [-0.15, -0.1) is 0 Å². The van der Waals surface area contributed by atoms with E-state index in [4.69, 9.17) is 0 Å². The first-order valence-electron chi connectivity index (χ1n) is 7.15. The van der Waals surface area contributed by atoms with E-state index in [0.717, 1.165) is 22.1 Å². The molecule has 6 heteroatoms. The number of aryl methyl sites for hydroxylation is 1. The second kappa shape index (κ2) is 7.35. The summed E-state index contributed by atoms with van der Waals surface area (Å²) in [6.45, 7) is 6.01. The quantitative estimate of drug-likeness (QED) is 0.848. The lowest BCUT2D eigenvalue weighted by molar-refractivity contribution is 0.0938. The lowest BCUT2D eigenvalue weighted by Gasteiger charge is -2.11. The van der Waals surface area contributed by atoms with Gasteiger partial charge in [0, 0.05) is 28.6 Å². The molecule has 0 aliphatic carbocycles. The minimum Gasteiger partial charge on any atom is -0.350 e. The van der Waals surface area contributed by atoms with Gasteiger partial charge in [0.2, 0.25) is 5.95 Å². The molecule has 116 valence electrons. The van der Waals surface area contributed by atoms with Crippen molar-refractivity contribution in [1.29, 1.82) is 0 Å². The van der Waals surface area contributed by atoms with Gasteiger partial charge in [-0.1, -0.05) is 28.9 Å². The SMILES string of the molecule is CCC(C)NC(=O)c1cnc(Nc2ccc(C)c(Br)c2)nc1. The molecular weight excluding hydrogens is 344 g/mol. The van der Waals surface area contributed by atoms with Crippen molar-refractivity contribution < 1.29 is 4.79 Å². The van der Waals surface area contributed by atoms with Crippen LogP contribution < -0.4 is 10.6 Å². The van der Waals surface area contributed by atoms with Crippen LogP contribution in [0.25, 0.3) is 0 Å². The number of aromatic nitrogens is 2. The Kier molecular flexibility index (Phi) is 5.49. The van der Waals surface area contributed by atoms with E-state index in [2.05, 4.69) is 36.5 Å². The van der Waals surface area contributed by atoms with Gasteiger partial charge in [0.15, 0.2) is 0 Å². The molecule has 0 fully saturated rings. The number of nitrogens with one attached hydrogen (secondary N) is 2. The van der Waals surface area contributed by atoms with Gasteiger partial charge < -0.3 is 10.6 Å². The number of carbonyl (C=O) groups excluding carboxylic acids is 1. The fraction of sp³-hybridized carbons (Fsp3) is 0.312. The van der Waals surface area contributed by atoms with Crippen LogP contribution in [0.4, 0.5) is 11.6 Å². The summed E-state index contributed by atoms with van der Waals surface area (Å²) in [6, 6.07) is 6.05. The summed E-state index contributed by atoms with van der Waals surface area (Å²) in [5.74, 6) is 0.301. The van der Waals surface area contributed by atoms with Crippen LogP contribution >= 0.6 is 15.9 Å². The molecule has 1 aromatic carbocycles. The highest BCUT2D eigenvalue weighted by atomic mass is 79.9. The van der Waals surface area contributed by atoms with Crippen molar-refractivity contribution in [3.8, 4) is 0 Å². The average Bonchev–Trinajstić information content (AvgIpc) is 2.51. The molecule has 2 aromatic rings. The van der Waals surface area contributed by atoms with Gasteiger partial charge in [0.1, 0.15) is 0 Å². The van der Waals surface area contributed by atoms with Crippen molar-refractivity contribution in [2.24, 2.45) is 0 Å². The summed E-state index contributed by atoms with van der Waals surface area (Å²) in [7, 11) is 0. The number of rotatable bonds is 5. The normalized spacial score (nSPS) is 11.8. The number of amides is 1. The number of anilines is 2. The minimum absolute atomic E-state index is 0.134. The first kappa shape index (κ1) is 16.4. The van der Waals surface area contributed by atoms with Crippen LogP contribution in [0.3, 0.4) is 0 Å². The molecule has 0 saturated heterocycles. The molecule has 1 heterocycles. The Labute approximate surface area is 138 Å². The van der Waals surface area contributed by atoms with Gasteiger partial charge in [-0.05, 0) is 38.0 Å². The van der Waals surface area contributed by atoms with Crippen LogP contribution in [-0.4, -0.2) is 21.9 Å². The van der Waals surface area contributed by atoms with E-state index >= 15 is 0 Å². The van der Waals surface area contributed by atoms with Crippen LogP contribution in [0.5, 0.6) is 0 Å². The van der Waals surface area contributed by atoms with Crippen molar-refractivity contribution in [3.63, 3.8) is 0 Å². The van der Waals surface area contributed by atoms with E-state index in [0.29, 0.717) is 11.5 Å². The smallest absolute Gasteiger partial charge is 0.254 e. The van der Waals surface area contributed by atoms with Crippen molar-refractivity contribution in [3.05, 3.63) is 46.2 Å². The molecule has 5 nitrogen and oxygen atoms in total. The van der Waals surface area contributed by atoms with Gasteiger partial charge >= 0.3 is 0 Å². The Bertz CT molecular complexity index is 658. The second-order valence-electron chi connectivity index (χ2n) is 5.17. The zero-order valence-electron chi connectivity index (χ0n) is 12.9. The van der Waals surface area contributed by atoms with Crippen LogP contribution in [0.2, 0.25) is 0 Å². The molecule has 0 saturated carbocycles. The number of carbonyl (C=O) groups is 1. The maximum absolute atomic E-state index is 11.9. The van der Waals surface area contributed by atoms with Gasteiger partial charge in [-0.2, -0.15) is 0 Å². The maximum atomic E-state index is 11.9. The first-order chi connectivity index (χ1) is 10.5. The van der Waals surface area contributed by atoms with Crippen LogP contribution in [-0.2, 0) is 0 Å². The number of hydrogen-bond donors (Lipinski definition) is 2. The molecule has 1 unspecified atom stereocenters. The third-order valence-electron chi connectivity index (χ3n) is 3.33. The number of halogens is 1. The highest BCUT2D eigenvalue weighted by Crippen LogP contribution is 2.22. The van der Waals surface area contributed by atoms with E-state index in [1.165, 1.54) is 12.4 Å². The molecule has 0 radical (unpaired) electrons. The van der Waals surface area contributed by atoms with Gasteiger partial charge in [0.25, 0.3) is 5.91 Å². The van der Waals surface area contributed by atoms with E-state index in [9.17, 15) is 4.79 Å². The third-order valence-corrected chi connectivity index (χ3v) is 4.19. The summed E-state index contributed by atoms with van der Waals surface area (Å²) < 4.78 is 1.02. The molecule has 1 aromatic heterocycles. The van der Waals surface area contributed by atoms with Crippen molar-refractivity contribution >= 4 is 33.5 Å². The van der Waals surface area contributed by atoms with E-state index in [-0.39, 0.29) is 11.9 Å². The zero-order valence-corrected chi connectivity index (χ0v) is 14.4. The van der Waals surface area contributed by atoms with E-state index in [1.54, 1.807) is 0 Å². The molecule has 22 heavy (non-hydrogen) atoms. The Morgan fingerprint density at radius 1 is 1.32 bits per heavy atom. The number of hydrogen-bond acceptors (Lipinski definition) is 4. The molecule has 1 atom stereocenters. The van der Waals surface area contributed by atoms with Crippen LogP contribution in [0.1, 0.15) is 36.2 Å². The molecule has 2 N–H and O–H groups in total. The predicted molar refractivity (Wildman–Crippen MR) is 91.4 cm³/mol. The van der Waals surface area contributed by atoms with Gasteiger partial charge in [0.05, 0.1) is 5.56 Å². The molecule has 1 amide bonds. The fourth-order valence-electron chi connectivity index (χ4n) is 1.72. The Balaban J connectivity index is 2.05. The summed E-state index contributed by atoms with van der Waals surface area (Å²) in [5.41, 5.74) is 2.49. The van der Waals surface area contributed by atoms with E-state index < -0.39 is 0 Å². The maximum Gasteiger partial charge on any atom is 0.254 e. The minimum atomic E-state index is -0.154. The van der Waals surface area contributed by atoms with E-state index in [1.807, 2.05) is 39.0 Å². The molecule has 0 spiro atoms. The largest absolute Gasteiger partial charge is 0.350 e. The van der Waals surface area contributed by atoms with Crippen LogP contribution in [0, 0.1) is 6.92 Å². The zero-order chi connectivity index (χ0) is 16.1.